The first-order chi connectivity index (χ1) is 8.29. The van der Waals surface area contributed by atoms with Crippen LogP contribution in [0.5, 0.6) is 0 Å². The van der Waals surface area contributed by atoms with Crippen molar-refractivity contribution in [1.82, 2.24) is 4.72 Å². The largest absolute Gasteiger partial charge is 0.398 e. The van der Waals surface area contributed by atoms with Gasteiger partial charge in [0.25, 0.3) is 0 Å². The Morgan fingerprint density at radius 1 is 1.44 bits per heavy atom. The van der Waals surface area contributed by atoms with Crippen molar-refractivity contribution in [3.8, 4) is 0 Å². The minimum absolute atomic E-state index is 0.185. The lowest BCUT2D eigenvalue weighted by Crippen LogP contribution is -2.46. The Morgan fingerprint density at radius 2 is 2.06 bits per heavy atom. The quantitative estimate of drug-likeness (QED) is 0.723. The van der Waals surface area contributed by atoms with Gasteiger partial charge in [-0.3, -0.25) is 0 Å². The Morgan fingerprint density at radius 3 is 2.61 bits per heavy atom. The van der Waals surface area contributed by atoms with E-state index < -0.39 is 16.1 Å². The zero-order valence-corrected chi connectivity index (χ0v) is 12.3. The lowest BCUT2D eigenvalue weighted by atomic mass is 9.91. The number of halogens is 1. The summed E-state index contributed by atoms with van der Waals surface area (Å²) in [7, 11) is -3.58. The minimum atomic E-state index is -3.58. The van der Waals surface area contributed by atoms with Crippen molar-refractivity contribution >= 4 is 31.6 Å². The van der Waals surface area contributed by atoms with Crippen LogP contribution in [0.25, 0.3) is 0 Å². The van der Waals surface area contributed by atoms with Gasteiger partial charge in [-0.2, -0.15) is 0 Å². The van der Waals surface area contributed by atoms with Crippen LogP contribution in [0.3, 0.4) is 0 Å². The first-order valence-corrected chi connectivity index (χ1v) is 7.83. The smallest absolute Gasteiger partial charge is 0.241 e. The average Bonchev–Trinajstić information content (AvgIpc) is 2.20. The normalized spacial score (nSPS) is 23.7. The van der Waals surface area contributed by atoms with Gasteiger partial charge in [-0.25, -0.2) is 13.1 Å². The van der Waals surface area contributed by atoms with E-state index in [-0.39, 0.29) is 10.9 Å². The number of aryl methyl sites for hydroxylation is 1. The van der Waals surface area contributed by atoms with E-state index in [0.29, 0.717) is 28.6 Å². The van der Waals surface area contributed by atoms with Gasteiger partial charge in [-0.05, 0) is 53.4 Å². The Labute approximate surface area is 115 Å². The minimum Gasteiger partial charge on any atom is -0.398 e. The lowest BCUT2D eigenvalue weighted by molar-refractivity contribution is 0.0712. The molecule has 0 saturated heterocycles. The summed E-state index contributed by atoms with van der Waals surface area (Å²) in [5.74, 6) is 0. The summed E-state index contributed by atoms with van der Waals surface area (Å²) in [6.07, 6.45) is 0.531. The van der Waals surface area contributed by atoms with E-state index in [2.05, 4.69) is 20.7 Å². The molecular weight excluding hydrogens is 320 g/mol. The van der Waals surface area contributed by atoms with Crippen molar-refractivity contribution in [3.05, 3.63) is 22.2 Å². The van der Waals surface area contributed by atoms with Gasteiger partial charge in [-0.1, -0.05) is 0 Å². The van der Waals surface area contributed by atoms with Gasteiger partial charge in [0.05, 0.1) is 11.0 Å². The van der Waals surface area contributed by atoms with E-state index in [1.807, 2.05) is 0 Å². The lowest BCUT2D eigenvalue weighted by Gasteiger charge is -2.31. The number of aliphatic hydroxyl groups excluding tert-OH is 1. The molecule has 0 heterocycles. The van der Waals surface area contributed by atoms with Crippen LogP contribution in [-0.2, 0) is 10.0 Å². The van der Waals surface area contributed by atoms with Gasteiger partial charge in [-0.15, -0.1) is 0 Å². The Kier molecular flexibility index (Phi) is 3.68. The molecule has 1 aliphatic rings. The number of benzene rings is 1. The van der Waals surface area contributed by atoms with Gasteiger partial charge >= 0.3 is 0 Å². The van der Waals surface area contributed by atoms with E-state index in [0.717, 1.165) is 0 Å². The SMILES string of the molecule is Cc1cc(Br)c(N)cc1S(=O)(=O)NC1CC(O)C1. The molecule has 5 nitrogen and oxygen atoms in total. The number of anilines is 1. The molecule has 1 aliphatic carbocycles. The maximum Gasteiger partial charge on any atom is 0.241 e. The van der Waals surface area contributed by atoms with Crippen LogP contribution in [0, 0.1) is 6.92 Å². The highest BCUT2D eigenvalue weighted by molar-refractivity contribution is 9.10. The fourth-order valence-electron chi connectivity index (χ4n) is 1.93. The summed E-state index contributed by atoms with van der Waals surface area (Å²) in [5.41, 5.74) is 6.72. The zero-order chi connectivity index (χ0) is 13.5. The third kappa shape index (κ3) is 2.69. The van der Waals surface area contributed by atoms with E-state index in [1.165, 1.54) is 6.07 Å². The van der Waals surface area contributed by atoms with Crippen molar-refractivity contribution in [2.45, 2.75) is 36.8 Å². The van der Waals surface area contributed by atoms with E-state index in [4.69, 9.17) is 10.8 Å². The number of sulfonamides is 1. The number of nitrogen functional groups attached to an aromatic ring is 1. The molecule has 0 unspecified atom stereocenters. The van der Waals surface area contributed by atoms with E-state index in [9.17, 15) is 8.42 Å². The molecule has 1 saturated carbocycles. The van der Waals surface area contributed by atoms with Crippen LogP contribution >= 0.6 is 15.9 Å². The monoisotopic (exact) mass is 334 g/mol. The fourth-order valence-corrected chi connectivity index (χ4v) is 3.91. The average molecular weight is 335 g/mol. The molecule has 0 radical (unpaired) electrons. The number of nitrogens with two attached hydrogens (primary N) is 1. The second kappa shape index (κ2) is 4.80. The third-order valence-corrected chi connectivity index (χ3v) is 5.37. The Balaban J connectivity index is 2.27. The summed E-state index contributed by atoms with van der Waals surface area (Å²) in [6, 6.07) is 2.94. The van der Waals surface area contributed by atoms with Gasteiger partial charge in [0.1, 0.15) is 0 Å². The third-order valence-electron chi connectivity index (χ3n) is 3.02. The maximum absolute atomic E-state index is 12.2. The van der Waals surface area contributed by atoms with Crippen molar-refractivity contribution in [2.75, 3.05) is 5.73 Å². The van der Waals surface area contributed by atoms with Crippen LogP contribution in [0.4, 0.5) is 5.69 Å². The second-order valence-corrected chi connectivity index (χ2v) is 7.12. The highest BCUT2D eigenvalue weighted by atomic mass is 79.9. The van der Waals surface area contributed by atoms with Gasteiger partial charge in [0, 0.05) is 16.2 Å². The number of hydrogen-bond acceptors (Lipinski definition) is 4. The zero-order valence-electron chi connectivity index (χ0n) is 9.85. The molecular formula is C11H15BrN2O3S. The summed E-state index contributed by atoms with van der Waals surface area (Å²) in [4.78, 5) is 0.185. The van der Waals surface area contributed by atoms with E-state index in [1.54, 1.807) is 13.0 Å². The number of aliphatic hydroxyl groups is 1. The van der Waals surface area contributed by atoms with Crippen molar-refractivity contribution in [2.24, 2.45) is 0 Å². The molecule has 0 bridgehead atoms. The molecule has 1 aromatic rings. The maximum atomic E-state index is 12.2. The summed E-state index contributed by atoms with van der Waals surface area (Å²) in [5, 5.41) is 9.16. The molecule has 100 valence electrons. The summed E-state index contributed by atoms with van der Waals surface area (Å²) < 4.78 is 27.6. The van der Waals surface area contributed by atoms with Crippen molar-refractivity contribution in [1.29, 1.82) is 0 Å². The molecule has 0 atom stereocenters. The molecule has 2 rings (SSSR count). The summed E-state index contributed by atoms with van der Waals surface area (Å²) >= 11 is 3.26. The molecule has 0 spiro atoms. The predicted molar refractivity (Wildman–Crippen MR) is 72.6 cm³/mol. The number of rotatable bonds is 3. The molecule has 7 heteroatoms. The molecule has 0 aromatic heterocycles. The highest BCUT2D eigenvalue weighted by Crippen LogP contribution is 2.28. The van der Waals surface area contributed by atoms with Crippen LogP contribution in [0.1, 0.15) is 18.4 Å². The molecule has 4 N–H and O–H groups in total. The van der Waals surface area contributed by atoms with Crippen molar-refractivity contribution in [3.63, 3.8) is 0 Å². The molecule has 18 heavy (non-hydrogen) atoms. The van der Waals surface area contributed by atoms with Gasteiger partial charge in [0.15, 0.2) is 0 Å². The molecule has 1 fully saturated rings. The van der Waals surface area contributed by atoms with E-state index >= 15 is 0 Å². The Bertz CT molecular complexity index is 568. The highest BCUT2D eigenvalue weighted by Gasteiger charge is 2.31. The van der Waals surface area contributed by atoms with Gasteiger partial charge in [0.2, 0.25) is 10.0 Å². The Hall–Kier alpha value is -0.630. The summed E-state index contributed by atoms with van der Waals surface area (Å²) in [6.45, 7) is 1.72. The van der Waals surface area contributed by atoms with Crippen LogP contribution in [-0.4, -0.2) is 25.7 Å². The number of hydrogen-bond donors (Lipinski definition) is 3. The van der Waals surface area contributed by atoms with Crippen molar-refractivity contribution < 1.29 is 13.5 Å². The predicted octanol–water partition coefficient (Wildman–Crippen LogP) is 1.14. The molecule has 0 amide bonds. The fraction of sp³-hybridized carbons (Fsp3) is 0.455. The van der Waals surface area contributed by atoms with Crippen LogP contribution in [0.2, 0.25) is 0 Å². The second-order valence-electron chi connectivity index (χ2n) is 4.58. The number of nitrogens with one attached hydrogen (secondary N) is 1. The first kappa shape index (κ1) is 13.8. The van der Waals surface area contributed by atoms with Gasteiger partial charge < -0.3 is 10.8 Å². The standard InChI is InChI=1S/C11H15BrN2O3S/c1-6-2-9(12)10(13)5-11(6)18(16,17)14-7-3-8(15)4-7/h2,5,7-8,14-15H,3-4,13H2,1H3. The molecule has 0 aliphatic heterocycles. The first-order valence-electron chi connectivity index (χ1n) is 5.55. The molecule has 1 aromatic carbocycles. The topological polar surface area (TPSA) is 92.4 Å². The van der Waals surface area contributed by atoms with Crippen LogP contribution < -0.4 is 10.5 Å². The van der Waals surface area contributed by atoms with Crippen LogP contribution in [0.15, 0.2) is 21.5 Å².